The molecule has 0 saturated heterocycles. The van der Waals surface area contributed by atoms with Crippen molar-refractivity contribution in [1.29, 1.82) is 0 Å². The van der Waals surface area contributed by atoms with Crippen LogP contribution in [0.2, 0.25) is 0 Å². The first-order chi connectivity index (χ1) is 9.54. The molecule has 0 aliphatic rings. The molecule has 1 unspecified atom stereocenters. The third-order valence-corrected chi connectivity index (χ3v) is 2.84. The minimum atomic E-state index is -0.620. The Kier molecular flexibility index (Phi) is 6.93. The smallest absolute Gasteiger partial charge is 0.314 e. The van der Waals surface area contributed by atoms with Crippen molar-refractivity contribution in [2.45, 2.75) is 32.3 Å². The first-order valence-electron chi connectivity index (χ1n) is 6.67. The third-order valence-electron chi connectivity index (χ3n) is 2.84. The van der Waals surface area contributed by atoms with Crippen molar-refractivity contribution >= 4 is 6.03 Å². The lowest BCUT2D eigenvalue weighted by molar-refractivity contribution is 0.160. The second-order valence-electron chi connectivity index (χ2n) is 4.53. The number of aliphatic hydroxyl groups is 1. The lowest BCUT2D eigenvalue weighted by atomic mass is 10.1. The standard InChI is InChI=1S/C14H20F2N2O2/c1-2-4-10(19)9-18-14(20)17-8-7-11-12(15)5-3-6-13(11)16/h3,5-6,10,19H,2,4,7-9H2,1H3,(H2,17,18,20). The maximum Gasteiger partial charge on any atom is 0.314 e. The number of rotatable bonds is 7. The quantitative estimate of drug-likeness (QED) is 0.717. The fourth-order valence-corrected chi connectivity index (χ4v) is 1.78. The Labute approximate surface area is 117 Å². The minimum absolute atomic E-state index is 0.0428. The number of benzene rings is 1. The molecule has 20 heavy (non-hydrogen) atoms. The number of hydrogen-bond acceptors (Lipinski definition) is 2. The van der Waals surface area contributed by atoms with Gasteiger partial charge in [0.1, 0.15) is 11.6 Å². The Morgan fingerprint density at radius 3 is 2.55 bits per heavy atom. The highest BCUT2D eigenvalue weighted by Crippen LogP contribution is 2.11. The van der Waals surface area contributed by atoms with Gasteiger partial charge in [0, 0.05) is 18.7 Å². The fraction of sp³-hybridized carbons (Fsp3) is 0.500. The van der Waals surface area contributed by atoms with Gasteiger partial charge in [0.05, 0.1) is 6.10 Å². The van der Waals surface area contributed by atoms with E-state index in [4.69, 9.17) is 0 Å². The van der Waals surface area contributed by atoms with E-state index in [1.54, 1.807) is 0 Å². The van der Waals surface area contributed by atoms with Gasteiger partial charge in [-0.2, -0.15) is 0 Å². The Morgan fingerprint density at radius 1 is 1.30 bits per heavy atom. The molecule has 0 aromatic heterocycles. The third kappa shape index (κ3) is 5.52. The topological polar surface area (TPSA) is 61.4 Å². The van der Waals surface area contributed by atoms with Crippen LogP contribution in [-0.2, 0) is 6.42 Å². The van der Waals surface area contributed by atoms with Crippen molar-refractivity contribution in [2.75, 3.05) is 13.1 Å². The highest BCUT2D eigenvalue weighted by Gasteiger charge is 2.09. The van der Waals surface area contributed by atoms with Gasteiger partial charge >= 0.3 is 6.03 Å². The molecule has 0 spiro atoms. The summed E-state index contributed by atoms with van der Waals surface area (Å²) in [6.45, 7) is 2.22. The van der Waals surface area contributed by atoms with Crippen LogP contribution in [0, 0.1) is 11.6 Å². The molecule has 1 rings (SSSR count). The molecule has 1 atom stereocenters. The zero-order chi connectivity index (χ0) is 15.0. The second kappa shape index (κ2) is 8.47. The van der Waals surface area contributed by atoms with Crippen LogP contribution < -0.4 is 10.6 Å². The first-order valence-corrected chi connectivity index (χ1v) is 6.67. The van der Waals surface area contributed by atoms with Gasteiger partial charge in [-0.15, -0.1) is 0 Å². The Balaban J connectivity index is 2.28. The Morgan fingerprint density at radius 2 is 1.95 bits per heavy atom. The molecule has 0 fully saturated rings. The van der Waals surface area contributed by atoms with E-state index in [2.05, 4.69) is 10.6 Å². The van der Waals surface area contributed by atoms with Crippen LogP contribution in [0.4, 0.5) is 13.6 Å². The summed E-state index contributed by atoms with van der Waals surface area (Å²) in [6, 6.07) is 3.19. The molecule has 2 amide bonds. The summed E-state index contributed by atoms with van der Waals surface area (Å²) in [5, 5.41) is 14.4. The molecule has 112 valence electrons. The fourth-order valence-electron chi connectivity index (χ4n) is 1.78. The molecule has 1 aromatic rings. The maximum absolute atomic E-state index is 13.3. The number of urea groups is 1. The van der Waals surface area contributed by atoms with Crippen molar-refractivity contribution in [2.24, 2.45) is 0 Å². The highest BCUT2D eigenvalue weighted by molar-refractivity contribution is 5.73. The zero-order valence-electron chi connectivity index (χ0n) is 11.5. The molecule has 1 aromatic carbocycles. The number of nitrogens with one attached hydrogen (secondary N) is 2. The number of halogens is 2. The highest BCUT2D eigenvalue weighted by atomic mass is 19.1. The van der Waals surface area contributed by atoms with Gasteiger partial charge in [0.2, 0.25) is 0 Å². The van der Waals surface area contributed by atoms with E-state index in [0.717, 1.165) is 6.42 Å². The SMILES string of the molecule is CCCC(O)CNC(=O)NCCc1c(F)cccc1F. The van der Waals surface area contributed by atoms with Crippen LogP contribution in [0.1, 0.15) is 25.3 Å². The van der Waals surface area contributed by atoms with Gasteiger partial charge in [0.25, 0.3) is 0 Å². The molecule has 4 nitrogen and oxygen atoms in total. The Hall–Kier alpha value is -1.69. The summed E-state index contributed by atoms with van der Waals surface area (Å²) in [5.74, 6) is -1.24. The molecule has 0 aliphatic heterocycles. The minimum Gasteiger partial charge on any atom is -0.391 e. The van der Waals surface area contributed by atoms with Gasteiger partial charge < -0.3 is 15.7 Å². The lowest BCUT2D eigenvalue weighted by Gasteiger charge is -2.12. The van der Waals surface area contributed by atoms with Crippen molar-refractivity contribution in [3.05, 3.63) is 35.4 Å². The van der Waals surface area contributed by atoms with Crippen LogP contribution in [0.15, 0.2) is 18.2 Å². The van der Waals surface area contributed by atoms with E-state index < -0.39 is 23.8 Å². The number of hydrogen-bond donors (Lipinski definition) is 3. The summed E-state index contributed by atoms with van der Waals surface area (Å²) in [5.41, 5.74) is -0.0428. The van der Waals surface area contributed by atoms with Crippen molar-refractivity contribution in [3.63, 3.8) is 0 Å². The average molecular weight is 286 g/mol. The van der Waals surface area contributed by atoms with Crippen molar-refractivity contribution in [1.82, 2.24) is 10.6 Å². The van der Waals surface area contributed by atoms with Crippen LogP contribution in [0.5, 0.6) is 0 Å². The number of carbonyl (C=O) groups excluding carboxylic acids is 1. The van der Waals surface area contributed by atoms with Gasteiger partial charge in [0.15, 0.2) is 0 Å². The summed E-state index contributed by atoms with van der Waals surface area (Å²) in [4.78, 5) is 11.4. The van der Waals surface area contributed by atoms with E-state index in [1.807, 2.05) is 6.92 Å². The van der Waals surface area contributed by atoms with Crippen molar-refractivity contribution in [3.8, 4) is 0 Å². The van der Waals surface area contributed by atoms with Gasteiger partial charge in [-0.05, 0) is 25.0 Å². The Bertz CT molecular complexity index is 421. The molecule has 3 N–H and O–H groups in total. The van der Waals surface area contributed by atoms with E-state index in [9.17, 15) is 18.7 Å². The average Bonchev–Trinajstić information content (AvgIpc) is 2.40. The normalized spacial score (nSPS) is 12.0. The molecule has 0 bridgehead atoms. The molecule has 0 radical (unpaired) electrons. The predicted molar refractivity (Wildman–Crippen MR) is 72.4 cm³/mol. The summed E-state index contributed by atoms with van der Waals surface area (Å²) < 4.78 is 26.6. The predicted octanol–water partition coefficient (Wildman–Crippen LogP) is 1.97. The number of carbonyl (C=O) groups is 1. The van der Waals surface area contributed by atoms with E-state index in [1.165, 1.54) is 18.2 Å². The summed E-state index contributed by atoms with van der Waals surface area (Å²) in [6.07, 6.45) is 0.941. The monoisotopic (exact) mass is 286 g/mol. The van der Waals surface area contributed by atoms with E-state index in [0.29, 0.717) is 6.42 Å². The summed E-state index contributed by atoms with van der Waals surface area (Å²) >= 11 is 0. The van der Waals surface area contributed by atoms with Crippen LogP contribution in [-0.4, -0.2) is 30.3 Å². The van der Waals surface area contributed by atoms with Crippen LogP contribution in [0.25, 0.3) is 0 Å². The van der Waals surface area contributed by atoms with E-state index in [-0.39, 0.29) is 25.1 Å². The molecule has 0 saturated carbocycles. The van der Waals surface area contributed by atoms with E-state index >= 15 is 0 Å². The lowest BCUT2D eigenvalue weighted by Crippen LogP contribution is -2.40. The molecule has 6 heteroatoms. The molecule has 0 heterocycles. The zero-order valence-corrected chi connectivity index (χ0v) is 11.5. The largest absolute Gasteiger partial charge is 0.391 e. The second-order valence-corrected chi connectivity index (χ2v) is 4.53. The van der Waals surface area contributed by atoms with Gasteiger partial charge in [-0.25, -0.2) is 13.6 Å². The maximum atomic E-state index is 13.3. The molecular weight excluding hydrogens is 266 g/mol. The molecular formula is C14H20F2N2O2. The molecule has 0 aliphatic carbocycles. The number of aliphatic hydroxyl groups excluding tert-OH is 1. The van der Waals surface area contributed by atoms with Crippen LogP contribution in [0.3, 0.4) is 0 Å². The summed E-state index contributed by atoms with van der Waals surface area (Å²) in [7, 11) is 0. The van der Waals surface area contributed by atoms with Gasteiger partial charge in [-0.3, -0.25) is 0 Å². The van der Waals surface area contributed by atoms with Gasteiger partial charge in [-0.1, -0.05) is 19.4 Å². The van der Waals surface area contributed by atoms with Crippen LogP contribution >= 0.6 is 0 Å². The first kappa shape index (κ1) is 16.4. The number of amides is 2. The van der Waals surface area contributed by atoms with Crippen molar-refractivity contribution < 1.29 is 18.7 Å².